The van der Waals surface area contributed by atoms with Crippen molar-refractivity contribution < 1.29 is 4.74 Å². The molecule has 0 atom stereocenters. The first-order valence-electron chi connectivity index (χ1n) is 7.42. The first kappa shape index (κ1) is 14.7. The number of benzene rings is 1. The molecule has 1 aliphatic carbocycles. The van der Waals surface area contributed by atoms with Crippen LogP contribution >= 0.6 is 0 Å². The van der Waals surface area contributed by atoms with Crippen LogP contribution in [0.15, 0.2) is 29.3 Å². The Bertz CT molecular complexity index is 424. The van der Waals surface area contributed by atoms with Gasteiger partial charge in [0.05, 0.1) is 6.54 Å². The molecule has 20 heavy (non-hydrogen) atoms. The summed E-state index contributed by atoms with van der Waals surface area (Å²) in [6, 6.07) is 8.11. The Morgan fingerprint density at radius 2 is 1.90 bits per heavy atom. The van der Waals surface area contributed by atoms with Crippen LogP contribution in [0.25, 0.3) is 0 Å². The van der Waals surface area contributed by atoms with Gasteiger partial charge in [0.2, 0.25) is 0 Å². The second kappa shape index (κ2) is 7.78. The Labute approximate surface area is 121 Å². The summed E-state index contributed by atoms with van der Waals surface area (Å²) in [4.78, 5) is 4.20. The fraction of sp³-hybridized carbons (Fsp3) is 0.562. The van der Waals surface area contributed by atoms with Crippen molar-refractivity contribution in [2.75, 3.05) is 26.7 Å². The van der Waals surface area contributed by atoms with Crippen molar-refractivity contribution in [1.82, 2.24) is 10.6 Å². The van der Waals surface area contributed by atoms with Crippen LogP contribution in [0.4, 0.5) is 0 Å². The molecule has 2 N–H and O–H groups in total. The lowest BCUT2D eigenvalue weighted by Crippen LogP contribution is -2.39. The molecule has 1 fully saturated rings. The summed E-state index contributed by atoms with van der Waals surface area (Å²) in [6.07, 6.45) is 4.05. The van der Waals surface area contributed by atoms with Crippen molar-refractivity contribution >= 4 is 5.96 Å². The largest absolute Gasteiger partial charge is 0.492 e. The molecule has 110 valence electrons. The summed E-state index contributed by atoms with van der Waals surface area (Å²) in [5.41, 5.74) is 1.25. The zero-order valence-electron chi connectivity index (χ0n) is 12.5. The molecule has 4 nitrogen and oxygen atoms in total. The summed E-state index contributed by atoms with van der Waals surface area (Å²) in [5, 5.41) is 6.59. The molecule has 1 saturated carbocycles. The Kier molecular flexibility index (Phi) is 5.71. The highest BCUT2D eigenvalue weighted by molar-refractivity contribution is 5.79. The van der Waals surface area contributed by atoms with Gasteiger partial charge in [-0.3, -0.25) is 4.99 Å². The van der Waals surface area contributed by atoms with Gasteiger partial charge in [-0.2, -0.15) is 0 Å². The van der Waals surface area contributed by atoms with Gasteiger partial charge in [0, 0.05) is 13.6 Å². The average Bonchev–Trinajstić information content (AvgIpc) is 3.27. The molecule has 0 radical (unpaired) electrons. The predicted octanol–water partition coefficient (Wildman–Crippen LogP) is 2.34. The standard InChI is InChI=1S/C16H25N3O/c1-13-3-7-15(8-4-13)20-12-11-19-16(17-2)18-10-9-14-5-6-14/h3-4,7-8,14H,5-6,9-12H2,1-2H3,(H2,17,18,19). The van der Waals surface area contributed by atoms with E-state index in [1.54, 1.807) is 7.05 Å². The van der Waals surface area contributed by atoms with Crippen molar-refractivity contribution in [3.8, 4) is 5.75 Å². The molecule has 0 saturated heterocycles. The molecule has 0 amide bonds. The van der Waals surface area contributed by atoms with Crippen LogP contribution in [0.2, 0.25) is 0 Å². The Hall–Kier alpha value is -1.71. The molecule has 1 aromatic carbocycles. The fourth-order valence-electron chi connectivity index (χ4n) is 1.99. The molecule has 4 heteroatoms. The normalized spacial score (nSPS) is 15.0. The third-order valence-electron chi connectivity index (χ3n) is 3.45. The highest BCUT2D eigenvalue weighted by Crippen LogP contribution is 2.31. The minimum atomic E-state index is 0.631. The van der Waals surface area contributed by atoms with E-state index >= 15 is 0 Å². The van der Waals surface area contributed by atoms with E-state index in [1.165, 1.54) is 24.8 Å². The summed E-state index contributed by atoms with van der Waals surface area (Å²) < 4.78 is 5.66. The molecule has 1 aromatic rings. The van der Waals surface area contributed by atoms with Crippen LogP contribution in [0.1, 0.15) is 24.8 Å². The summed E-state index contributed by atoms with van der Waals surface area (Å²) >= 11 is 0. The topological polar surface area (TPSA) is 45.7 Å². The number of hydrogen-bond donors (Lipinski definition) is 2. The van der Waals surface area contributed by atoms with Crippen LogP contribution in [0, 0.1) is 12.8 Å². The van der Waals surface area contributed by atoms with Crippen LogP contribution in [0.5, 0.6) is 5.75 Å². The Morgan fingerprint density at radius 3 is 2.55 bits per heavy atom. The lowest BCUT2D eigenvalue weighted by atomic mass is 10.2. The Balaban J connectivity index is 1.57. The second-order valence-electron chi connectivity index (χ2n) is 5.32. The monoisotopic (exact) mass is 275 g/mol. The van der Waals surface area contributed by atoms with Gasteiger partial charge < -0.3 is 15.4 Å². The summed E-state index contributed by atoms with van der Waals surface area (Å²) in [5.74, 6) is 2.72. The minimum absolute atomic E-state index is 0.631. The number of guanidine groups is 1. The molecule has 0 spiro atoms. The Morgan fingerprint density at radius 1 is 1.20 bits per heavy atom. The van der Waals surface area contributed by atoms with Gasteiger partial charge in [0.15, 0.2) is 5.96 Å². The highest BCUT2D eigenvalue weighted by atomic mass is 16.5. The number of nitrogens with one attached hydrogen (secondary N) is 2. The first-order chi connectivity index (χ1) is 9.78. The molecule has 0 unspecified atom stereocenters. The maximum Gasteiger partial charge on any atom is 0.191 e. The van der Waals surface area contributed by atoms with Crippen molar-refractivity contribution in [1.29, 1.82) is 0 Å². The van der Waals surface area contributed by atoms with Crippen molar-refractivity contribution in [2.24, 2.45) is 10.9 Å². The van der Waals surface area contributed by atoms with Crippen molar-refractivity contribution in [3.05, 3.63) is 29.8 Å². The van der Waals surface area contributed by atoms with E-state index in [0.717, 1.165) is 30.7 Å². The maximum atomic E-state index is 5.66. The number of aryl methyl sites for hydroxylation is 1. The van der Waals surface area contributed by atoms with Gasteiger partial charge in [-0.25, -0.2) is 0 Å². The van der Waals surface area contributed by atoms with Gasteiger partial charge in [-0.15, -0.1) is 0 Å². The fourth-order valence-corrected chi connectivity index (χ4v) is 1.99. The highest BCUT2D eigenvalue weighted by Gasteiger charge is 2.20. The lowest BCUT2D eigenvalue weighted by Gasteiger charge is -2.12. The van der Waals surface area contributed by atoms with E-state index in [2.05, 4.69) is 34.7 Å². The van der Waals surface area contributed by atoms with E-state index in [-0.39, 0.29) is 0 Å². The number of hydrogen-bond acceptors (Lipinski definition) is 2. The molecule has 0 heterocycles. The minimum Gasteiger partial charge on any atom is -0.492 e. The molecule has 0 bridgehead atoms. The molecule has 1 aliphatic rings. The zero-order valence-corrected chi connectivity index (χ0v) is 12.5. The zero-order chi connectivity index (χ0) is 14.2. The average molecular weight is 275 g/mol. The first-order valence-corrected chi connectivity index (χ1v) is 7.42. The molecular weight excluding hydrogens is 250 g/mol. The van der Waals surface area contributed by atoms with Gasteiger partial charge in [-0.05, 0) is 31.4 Å². The van der Waals surface area contributed by atoms with Crippen LogP contribution < -0.4 is 15.4 Å². The van der Waals surface area contributed by atoms with E-state index in [9.17, 15) is 0 Å². The van der Waals surface area contributed by atoms with E-state index in [0.29, 0.717) is 6.61 Å². The van der Waals surface area contributed by atoms with E-state index < -0.39 is 0 Å². The SMILES string of the molecule is CN=C(NCCOc1ccc(C)cc1)NCCC1CC1. The summed E-state index contributed by atoms with van der Waals surface area (Å²) in [6.45, 7) is 4.45. The van der Waals surface area contributed by atoms with E-state index in [1.807, 2.05) is 12.1 Å². The number of nitrogens with zero attached hydrogens (tertiary/aromatic N) is 1. The summed E-state index contributed by atoms with van der Waals surface area (Å²) in [7, 11) is 1.80. The number of ether oxygens (including phenoxy) is 1. The lowest BCUT2D eigenvalue weighted by molar-refractivity contribution is 0.322. The second-order valence-corrected chi connectivity index (χ2v) is 5.32. The molecule has 2 rings (SSSR count). The number of rotatable bonds is 7. The van der Waals surface area contributed by atoms with Gasteiger partial charge in [0.25, 0.3) is 0 Å². The van der Waals surface area contributed by atoms with Gasteiger partial charge >= 0.3 is 0 Å². The van der Waals surface area contributed by atoms with Gasteiger partial charge in [-0.1, -0.05) is 30.5 Å². The quantitative estimate of drug-likeness (QED) is 0.456. The van der Waals surface area contributed by atoms with Crippen LogP contribution in [-0.4, -0.2) is 32.7 Å². The van der Waals surface area contributed by atoms with Crippen LogP contribution in [0.3, 0.4) is 0 Å². The third kappa shape index (κ3) is 5.51. The molecule has 0 aliphatic heterocycles. The molecular formula is C16H25N3O. The maximum absolute atomic E-state index is 5.66. The van der Waals surface area contributed by atoms with Crippen molar-refractivity contribution in [3.63, 3.8) is 0 Å². The predicted molar refractivity (Wildman–Crippen MR) is 83.4 cm³/mol. The van der Waals surface area contributed by atoms with Crippen molar-refractivity contribution in [2.45, 2.75) is 26.2 Å². The van der Waals surface area contributed by atoms with E-state index in [4.69, 9.17) is 4.74 Å². The third-order valence-corrected chi connectivity index (χ3v) is 3.45. The van der Waals surface area contributed by atoms with Gasteiger partial charge in [0.1, 0.15) is 12.4 Å². The number of aliphatic imine (C=N–C) groups is 1. The van der Waals surface area contributed by atoms with Crippen LogP contribution in [-0.2, 0) is 0 Å². The smallest absolute Gasteiger partial charge is 0.191 e. The molecule has 0 aromatic heterocycles.